The van der Waals surface area contributed by atoms with Crippen molar-refractivity contribution in [3.63, 3.8) is 0 Å². The maximum atomic E-state index is 11.9. The molecule has 10 nitrogen and oxygen atoms in total. The lowest BCUT2D eigenvalue weighted by Crippen LogP contribution is -2.25. The second-order valence-electron chi connectivity index (χ2n) is 8.55. The normalized spacial score (nSPS) is 18.4. The molecule has 0 aromatic carbocycles. The summed E-state index contributed by atoms with van der Waals surface area (Å²) in [6, 6.07) is 6.93. The van der Waals surface area contributed by atoms with Gasteiger partial charge in [-0.05, 0) is 74.6 Å². The number of hydrogen-bond donors (Lipinski definition) is 2. The molecule has 2 aromatic rings. The first-order valence-electron chi connectivity index (χ1n) is 11.6. The molecular formula is C25H28F3N3O7S. The van der Waals surface area contributed by atoms with E-state index in [9.17, 15) is 31.2 Å². The minimum absolute atomic E-state index is 0.0134. The van der Waals surface area contributed by atoms with Crippen LogP contribution in [-0.2, 0) is 23.9 Å². The van der Waals surface area contributed by atoms with Crippen LogP contribution in [0.15, 0.2) is 67.0 Å². The van der Waals surface area contributed by atoms with Crippen molar-refractivity contribution in [3.8, 4) is 0 Å². The smallest absolute Gasteiger partial charge is 0.381 e. The number of Topliss-reactive ketones (excluding diaryl/α,β-unsaturated/α-hetero) is 2. The lowest BCUT2D eigenvalue weighted by Gasteiger charge is -2.09. The number of allylic oxidation sites excluding steroid dienone is 4. The van der Waals surface area contributed by atoms with Gasteiger partial charge in [0.15, 0.2) is 0 Å². The van der Waals surface area contributed by atoms with Crippen LogP contribution in [0, 0.1) is 11.8 Å². The Morgan fingerprint density at radius 1 is 0.897 bits per heavy atom. The van der Waals surface area contributed by atoms with Gasteiger partial charge in [-0.3, -0.25) is 30.0 Å². The Bertz CT molecular complexity index is 1280. The minimum atomic E-state index is -5.61. The van der Waals surface area contributed by atoms with Gasteiger partial charge in [-0.1, -0.05) is 6.08 Å². The van der Waals surface area contributed by atoms with Crippen LogP contribution >= 0.6 is 0 Å². The summed E-state index contributed by atoms with van der Waals surface area (Å²) in [5.41, 5.74) is -2.66. The summed E-state index contributed by atoms with van der Waals surface area (Å²) in [5, 5.41) is 16.8. The average Bonchev–Trinajstić information content (AvgIpc) is 3.56. The van der Waals surface area contributed by atoms with E-state index < -0.39 is 21.5 Å². The highest BCUT2D eigenvalue weighted by Gasteiger charge is 2.49. The molecule has 2 atom stereocenters. The number of pyridine rings is 2. The Balaban J connectivity index is 0.000000213. The summed E-state index contributed by atoms with van der Waals surface area (Å²) in [6.07, 6.45) is 12.0. The van der Waals surface area contributed by atoms with Crippen LogP contribution in [-0.4, -0.2) is 45.9 Å². The van der Waals surface area contributed by atoms with Gasteiger partial charge in [0.05, 0.1) is 5.69 Å². The number of anilines is 1. The van der Waals surface area contributed by atoms with Gasteiger partial charge in [-0.2, -0.15) is 21.6 Å². The molecule has 0 unspecified atom stereocenters. The third-order valence-electron chi connectivity index (χ3n) is 5.71. The van der Waals surface area contributed by atoms with E-state index in [-0.39, 0.29) is 41.3 Å². The number of aromatic nitrogens is 2. The SMILES string of the molecule is CC(=O)[C@H]1C=C(OS(=O)(=O)C(F)(F)F)CC1.CC(=O)[C@H]1C=C(c2ccncc2)CC1.ON(O)c1ccncc1. The summed E-state index contributed by atoms with van der Waals surface area (Å²) in [6.45, 7) is 2.94. The zero-order chi connectivity index (χ0) is 29.2. The fourth-order valence-electron chi connectivity index (χ4n) is 3.59. The van der Waals surface area contributed by atoms with Gasteiger partial charge in [-0.15, -0.1) is 5.23 Å². The molecule has 2 aliphatic carbocycles. The molecule has 39 heavy (non-hydrogen) atoms. The van der Waals surface area contributed by atoms with E-state index in [1.54, 1.807) is 19.3 Å². The lowest BCUT2D eigenvalue weighted by atomic mass is 10.1. The fraction of sp³-hybridized carbons (Fsp3) is 0.360. The summed E-state index contributed by atoms with van der Waals surface area (Å²) in [7, 11) is -5.61. The Labute approximate surface area is 223 Å². The van der Waals surface area contributed by atoms with Gasteiger partial charge in [0.2, 0.25) is 0 Å². The van der Waals surface area contributed by atoms with Gasteiger partial charge in [-0.25, -0.2) is 0 Å². The van der Waals surface area contributed by atoms with E-state index in [0.29, 0.717) is 5.69 Å². The molecule has 4 rings (SSSR count). The Kier molecular flexibility index (Phi) is 11.3. The summed E-state index contributed by atoms with van der Waals surface area (Å²) >= 11 is 0. The Morgan fingerprint density at radius 3 is 1.79 bits per heavy atom. The molecule has 0 fully saturated rings. The highest BCUT2D eigenvalue weighted by Crippen LogP contribution is 2.33. The van der Waals surface area contributed by atoms with Crippen molar-refractivity contribution < 1.29 is 45.8 Å². The molecule has 0 aliphatic heterocycles. The number of carbonyl (C=O) groups excluding carboxylic acids is 2. The molecule has 0 radical (unpaired) electrons. The molecule has 0 bridgehead atoms. The van der Waals surface area contributed by atoms with E-state index in [4.69, 9.17) is 10.4 Å². The summed E-state index contributed by atoms with van der Waals surface area (Å²) < 4.78 is 60.9. The fourth-order valence-corrected chi connectivity index (χ4v) is 4.11. The predicted octanol–water partition coefficient (Wildman–Crippen LogP) is 4.87. The summed E-state index contributed by atoms with van der Waals surface area (Å²) in [4.78, 5) is 29.7. The Morgan fingerprint density at radius 2 is 1.38 bits per heavy atom. The van der Waals surface area contributed by atoms with Crippen molar-refractivity contribution in [2.75, 3.05) is 5.23 Å². The molecule has 2 N–H and O–H groups in total. The second kappa shape index (κ2) is 14.0. The van der Waals surface area contributed by atoms with Crippen molar-refractivity contribution in [2.24, 2.45) is 11.8 Å². The maximum Gasteiger partial charge on any atom is 0.534 e. The number of carbonyl (C=O) groups is 2. The molecule has 0 saturated heterocycles. The number of halogens is 3. The molecule has 0 amide bonds. The third-order valence-corrected chi connectivity index (χ3v) is 6.71. The molecule has 14 heteroatoms. The van der Waals surface area contributed by atoms with Crippen LogP contribution in [0.25, 0.3) is 5.57 Å². The van der Waals surface area contributed by atoms with Crippen molar-refractivity contribution in [1.29, 1.82) is 0 Å². The number of alkyl halides is 3. The van der Waals surface area contributed by atoms with E-state index in [0.717, 1.165) is 18.9 Å². The van der Waals surface area contributed by atoms with Gasteiger partial charge < -0.3 is 4.18 Å². The first kappa shape index (κ1) is 31.6. The van der Waals surface area contributed by atoms with Crippen molar-refractivity contribution in [2.45, 2.75) is 45.0 Å². The minimum Gasteiger partial charge on any atom is -0.381 e. The van der Waals surface area contributed by atoms with Crippen LogP contribution in [0.2, 0.25) is 0 Å². The van der Waals surface area contributed by atoms with Crippen LogP contribution < -0.4 is 5.23 Å². The van der Waals surface area contributed by atoms with Gasteiger partial charge >= 0.3 is 15.6 Å². The highest BCUT2D eigenvalue weighted by molar-refractivity contribution is 7.87. The van der Waals surface area contributed by atoms with E-state index >= 15 is 0 Å². The predicted molar refractivity (Wildman–Crippen MR) is 133 cm³/mol. The van der Waals surface area contributed by atoms with Gasteiger partial charge in [0.25, 0.3) is 0 Å². The lowest BCUT2D eigenvalue weighted by molar-refractivity contribution is -0.120. The van der Waals surface area contributed by atoms with E-state index in [1.807, 2.05) is 12.1 Å². The van der Waals surface area contributed by atoms with Crippen molar-refractivity contribution in [1.82, 2.24) is 9.97 Å². The van der Waals surface area contributed by atoms with E-state index in [2.05, 4.69) is 20.2 Å². The molecule has 212 valence electrons. The quantitative estimate of drug-likeness (QED) is 0.280. The first-order chi connectivity index (χ1) is 18.2. The average molecular weight is 572 g/mol. The van der Waals surface area contributed by atoms with Gasteiger partial charge in [0, 0.05) is 43.0 Å². The molecule has 2 aromatic heterocycles. The van der Waals surface area contributed by atoms with Crippen LogP contribution in [0.4, 0.5) is 18.9 Å². The topological polar surface area (TPSA) is 147 Å². The number of nitrogens with zero attached hydrogens (tertiary/aromatic N) is 3. The third kappa shape index (κ3) is 9.89. The number of hydrogen-bond acceptors (Lipinski definition) is 10. The molecule has 2 heterocycles. The largest absolute Gasteiger partial charge is 0.534 e. The monoisotopic (exact) mass is 571 g/mol. The maximum absolute atomic E-state index is 11.9. The first-order valence-corrected chi connectivity index (χ1v) is 13.0. The zero-order valence-electron chi connectivity index (χ0n) is 21.1. The Hall–Kier alpha value is -3.62. The van der Waals surface area contributed by atoms with Crippen LogP contribution in [0.1, 0.15) is 45.1 Å². The van der Waals surface area contributed by atoms with Crippen molar-refractivity contribution in [3.05, 3.63) is 72.5 Å². The van der Waals surface area contributed by atoms with Crippen LogP contribution in [0.5, 0.6) is 0 Å². The van der Waals surface area contributed by atoms with Crippen molar-refractivity contribution >= 4 is 32.9 Å². The molecular weight excluding hydrogens is 543 g/mol. The number of rotatable bonds is 6. The molecule has 0 spiro atoms. The highest BCUT2D eigenvalue weighted by atomic mass is 32.2. The number of ketones is 2. The standard InChI is InChI=1S/C12H13NO.C8H9F3O4S.C5H6N2O2/c1-9(14)11-2-3-12(8-11)10-4-6-13-7-5-10;1-5(12)6-2-3-7(4-6)15-16(13,14)8(9,10)11;8-7(9)5-1-3-6-4-2-5/h4-8,11H,2-3H2,1H3;4,6H,2-3H2,1H3;1-4,8-9H/t11-;6-;/m11./s1. The molecule has 0 saturated carbocycles. The zero-order valence-corrected chi connectivity index (χ0v) is 21.9. The van der Waals surface area contributed by atoms with E-state index in [1.165, 1.54) is 42.6 Å². The summed E-state index contributed by atoms with van der Waals surface area (Å²) in [5.74, 6) is -0.703. The second-order valence-corrected chi connectivity index (χ2v) is 10.1. The van der Waals surface area contributed by atoms with Crippen LogP contribution in [0.3, 0.4) is 0 Å². The van der Waals surface area contributed by atoms with Gasteiger partial charge in [0.1, 0.15) is 17.3 Å². The molecule has 2 aliphatic rings.